The fourth-order valence-corrected chi connectivity index (χ4v) is 3.94. The largest absolute Gasteiger partial charge is 0.326 e. The fourth-order valence-electron chi connectivity index (χ4n) is 2.94. The third kappa shape index (κ3) is 5.48. The smallest absolute Gasteiger partial charge is 0.224 e. The zero-order valence-electron chi connectivity index (χ0n) is 16.0. The van der Waals surface area contributed by atoms with E-state index in [-0.39, 0.29) is 11.8 Å². The summed E-state index contributed by atoms with van der Waals surface area (Å²) in [5.41, 5.74) is 4.57. The van der Waals surface area contributed by atoms with Gasteiger partial charge < -0.3 is 5.32 Å². The number of anilines is 1. The number of carbonyl (C=O) groups is 1. The molecule has 0 aliphatic carbocycles. The topological polar surface area (TPSA) is 29.1 Å². The quantitative estimate of drug-likeness (QED) is 0.527. The standard InChI is InChI=1S/C24H25NOS/c1-17-9-10-18(2)23(15-17)27-22-13-11-21(12-14-22)25-24(26)16-19(3)20-7-5-4-6-8-20/h4-15,19H,16H2,1-3H3,(H,25,26)/t19-/m1/s1. The van der Waals surface area contributed by atoms with E-state index in [1.807, 2.05) is 30.3 Å². The van der Waals surface area contributed by atoms with Gasteiger partial charge in [0.25, 0.3) is 0 Å². The summed E-state index contributed by atoms with van der Waals surface area (Å²) >= 11 is 1.75. The predicted octanol–water partition coefficient (Wildman–Crippen LogP) is 6.59. The molecule has 0 aromatic heterocycles. The van der Waals surface area contributed by atoms with Gasteiger partial charge in [0.2, 0.25) is 5.91 Å². The molecule has 0 unspecified atom stereocenters. The number of rotatable bonds is 6. The van der Waals surface area contributed by atoms with Crippen LogP contribution in [0.15, 0.2) is 82.6 Å². The Bertz CT molecular complexity index is 903. The summed E-state index contributed by atoms with van der Waals surface area (Å²) in [7, 11) is 0. The van der Waals surface area contributed by atoms with Gasteiger partial charge in [-0.1, -0.05) is 61.2 Å². The predicted molar refractivity (Wildman–Crippen MR) is 115 cm³/mol. The van der Waals surface area contributed by atoms with Gasteiger partial charge in [-0.05, 0) is 66.8 Å². The van der Waals surface area contributed by atoms with Gasteiger partial charge in [0.15, 0.2) is 0 Å². The van der Waals surface area contributed by atoms with E-state index in [1.54, 1.807) is 11.8 Å². The summed E-state index contributed by atoms with van der Waals surface area (Å²) in [4.78, 5) is 14.8. The first-order valence-electron chi connectivity index (χ1n) is 9.21. The Balaban J connectivity index is 1.58. The maximum Gasteiger partial charge on any atom is 0.224 e. The van der Waals surface area contributed by atoms with E-state index in [9.17, 15) is 4.79 Å². The van der Waals surface area contributed by atoms with Crippen molar-refractivity contribution in [2.45, 2.75) is 42.9 Å². The lowest BCUT2D eigenvalue weighted by atomic mass is 9.97. The van der Waals surface area contributed by atoms with E-state index in [0.29, 0.717) is 6.42 Å². The fraction of sp³-hybridized carbons (Fsp3) is 0.208. The lowest BCUT2D eigenvalue weighted by Crippen LogP contribution is -2.14. The van der Waals surface area contributed by atoms with Gasteiger partial charge in [-0.15, -0.1) is 0 Å². The minimum atomic E-state index is 0.0429. The normalized spacial score (nSPS) is 11.8. The van der Waals surface area contributed by atoms with Gasteiger partial charge in [0.05, 0.1) is 0 Å². The van der Waals surface area contributed by atoms with E-state index in [1.165, 1.54) is 26.5 Å². The molecule has 1 atom stereocenters. The van der Waals surface area contributed by atoms with Crippen molar-refractivity contribution >= 4 is 23.4 Å². The molecule has 0 spiro atoms. The first kappa shape index (κ1) is 19.2. The number of carbonyl (C=O) groups excluding carboxylic acids is 1. The Morgan fingerprint density at radius 3 is 2.37 bits per heavy atom. The van der Waals surface area contributed by atoms with Crippen LogP contribution in [0.25, 0.3) is 0 Å². The van der Waals surface area contributed by atoms with Gasteiger partial charge in [-0.3, -0.25) is 4.79 Å². The second-order valence-electron chi connectivity index (χ2n) is 6.96. The molecule has 2 nitrogen and oxygen atoms in total. The van der Waals surface area contributed by atoms with Crippen molar-refractivity contribution in [1.29, 1.82) is 0 Å². The molecule has 1 amide bonds. The van der Waals surface area contributed by atoms with Crippen LogP contribution in [0.5, 0.6) is 0 Å². The van der Waals surface area contributed by atoms with Crippen LogP contribution in [0.4, 0.5) is 5.69 Å². The Kier molecular flexibility index (Phi) is 6.36. The lowest BCUT2D eigenvalue weighted by Gasteiger charge is -2.12. The molecule has 3 rings (SSSR count). The van der Waals surface area contributed by atoms with E-state index in [4.69, 9.17) is 0 Å². The number of aryl methyl sites for hydroxylation is 2. The van der Waals surface area contributed by atoms with Crippen LogP contribution in [0.1, 0.15) is 36.0 Å². The van der Waals surface area contributed by atoms with Crippen LogP contribution < -0.4 is 5.32 Å². The second-order valence-corrected chi connectivity index (χ2v) is 8.07. The molecule has 138 valence electrons. The lowest BCUT2D eigenvalue weighted by molar-refractivity contribution is -0.116. The zero-order chi connectivity index (χ0) is 19.2. The molecule has 3 heteroatoms. The molecule has 0 saturated carbocycles. The monoisotopic (exact) mass is 375 g/mol. The molecule has 3 aromatic carbocycles. The van der Waals surface area contributed by atoms with Crippen molar-refractivity contribution in [1.82, 2.24) is 0 Å². The minimum absolute atomic E-state index is 0.0429. The summed E-state index contributed by atoms with van der Waals surface area (Å²) in [5, 5.41) is 3.01. The summed E-state index contributed by atoms with van der Waals surface area (Å²) in [6, 6.07) is 24.7. The number of benzene rings is 3. The third-order valence-electron chi connectivity index (χ3n) is 4.57. The molecule has 0 aliphatic heterocycles. The van der Waals surface area contributed by atoms with Crippen molar-refractivity contribution in [2.75, 3.05) is 5.32 Å². The molecule has 0 fully saturated rings. The Hall–Kier alpha value is -2.52. The second kappa shape index (κ2) is 8.92. The molecule has 0 radical (unpaired) electrons. The van der Waals surface area contributed by atoms with Crippen LogP contribution in [-0.4, -0.2) is 5.91 Å². The van der Waals surface area contributed by atoms with Crippen molar-refractivity contribution in [3.05, 3.63) is 89.5 Å². The molecule has 0 saturated heterocycles. The summed E-state index contributed by atoms with van der Waals surface area (Å²) in [5.74, 6) is 0.242. The van der Waals surface area contributed by atoms with Gasteiger partial charge >= 0.3 is 0 Å². The van der Waals surface area contributed by atoms with Gasteiger partial charge in [-0.25, -0.2) is 0 Å². The summed E-state index contributed by atoms with van der Waals surface area (Å²) < 4.78 is 0. The molecule has 27 heavy (non-hydrogen) atoms. The number of hydrogen-bond donors (Lipinski definition) is 1. The summed E-state index contributed by atoms with van der Waals surface area (Å²) in [6.45, 7) is 6.32. The van der Waals surface area contributed by atoms with E-state index in [0.717, 1.165) is 5.69 Å². The third-order valence-corrected chi connectivity index (χ3v) is 5.74. The molecular formula is C24H25NOS. The van der Waals surface area contributed by atoms with E-state index in [2.05, 4.69) is 68.6 Å². The highest BCUT2D eigenvalue weighted by Gasteiger charge is 2.11. The maximum absolute atomic E-state index is 12.3. The molecular weight excluding hydrogens is 350 g/mol. The maximum atomic E-state index is 12.3. The molecule has 0 bridgehead atoms. The highest BCUT2D eigenvalue weighted by atomic mass is 32.2. The van der Waals surface area contributed by atoms with Crippen LogP contribution in [0.3, 0.4) is 0 Å². The summed E-state index contributed by atoms with van der Waals surface area (Å²) in [6.07, 6.45) is 0.475. The minimum Gasteiger partial charge on any atom is -0.326 e. The highest BCUT2D eigenvalue weighted by Crippen LogP contribution is 2.31. The first-order valence-corrected chi connectivity index (χ1v) is 10.0. The van der Waals surface area contributed by atoms with Crippen LogP contribution >= 0.6 is 11.8 Å². The Morgan fingerprint density at radius 1 is 0.963 bits per heavy atom. The Labute approximate surface area is 166 Å². The van der Waals surface area contributed by atoms with Crippen LogP contribution in [-0.2, 0) is 4.79 Å². The average Bonchev–Trinajstić information content (AvgIpc) is 2.67. The number of nitrogens with one attached hydrogen (secondary N) is 1. The number of amides is 1. The SMILES string of the molecule is Cc1ccc(C)c(Sc2ccc(NC(=O)C[C@@H](C)c3ccccc3)cc2)c1. The van der Waals surface area contributed by atoms with Crippen LogP contribution in [0, 0.1) is 13.8 Å². The van der Waals surface area contributed by atoms with Crippen molar-refractivity contribution < 1.29 is 4.79 Å². The molecule has 0 heterocycles. The van der Waals surface area contributed by atoms with E-state index < -0.39 is 0 Å². The van der Waals surface area contributed by atoms with E-state index >= 15 is 0 Å². The molecule has 0 aliphatic rings. The molecule has 1 N–H and O–H groups in total. The average molecular weight is 376 g/mol. The van der Waals surface area contributed by atoms with Crippen molar-refractivity contribution in [2.24, 2.45) is 0 Å². The Morgan fingerprint density at radius 2 is 1.67 bits per heavy atom. The highest BCUT2D eigenvalue weighted by molar-refractivity contribution is 7.99. The first-order chi connectivity index (χ1) is 13.0. The number of hydrogen-bond acceptors (Lipinski definition) is 2. The van der Waals surface area contributed by atoms with Gasteiger partial charge in [-0.2, -0.15) is 0 Å². The van der Waals surface area contributed by atoms with Gasteiger partial charge in [0, 0.05) is 21.9 Å². The van der Waals surface area contributed by atoms with Gasteiger partial charge in [0.1, 0.15) is 0 Å². The van der Waals surface area contributed by atoms with Crippen LogP contribution in [0.2, 0.25) is 0 Å². The zero-order valence-corrected chi connectivity index (χ0v) is 16.8. The van der Waals surface area contributed by atoms with Crippen molar-refractivity contribution in [3.63, 3.8) is 0 Å². The molecule has 3 aromatic rings. The van der Waals surface area contributed by atoms with Crippen molar-refractivity contribution in [3.8, 4) is 0 Å².